The fourth-order valence-electron chi connectivity index (χ4n) is 1.41. The zero-order valence-electron chi connectivity index (χ0n) is 8.62. The second kappa shape index (κ2) is 4.30. The van der Waals surface area contributed by atoms with Crippen LogP contribution in [0.2, 0.25) is 0 Å². The Morgan fingerprint density at radius 2 is 2.23 bits per heavy atom. The molecule has 0 spiro atoms. The molecule has 1 aromatic rings. The monoisotopic (exact) mass is 182 g/mol. The molecule has 0 atom stereocenters. The van der Waals surface area contributed by atoms with E-state index in [0.717, 1.165) is 25.0 Å². The highest BCUT2D eigenvalue weighted by atomic mass is 16.3. The minimum absolute atomic E-state index is 0.327. The normalized spacial score (nSPS) is 11.1. The smallest absolute Gasteiger partial charge is 0.156 e. The van der Waals surface area contributed by atoms with Gasteiger partial charge in [0.1, 0.15) is 0 Å². The van der Waals surface area contributed by atoms with Crippen molar-refractivity contribution in [2.45, 2.75) is 46.1 Å². The highest BCUT2D eigenvalue weighted by Crippen LogP contribution is 2.21. The van der Waals surface area contributed by atoms with Crippen molar-refractivity contribution < 1.29 is 5.11 Å². The molecule has 3 heteroatoms. The maximum Gasteiger partial charge on any atom is 0.156 e. The molecule has 1 heterocycles. The maximum atomic E-state index is 9.52. The van der Waals surface area contributed by atoms with Crippen molar-refractivity contribution >= 4 is 0 Å². The Kier molecular flexibility index (Phi) is 3.34. The first kappa shape index (κ1) is 10.1. The van der Waals surface area contributed by atoms with E-state index in [1.165, 1.54) is 6.20 Å². The fraction of sp³-hybridized carbons (Fsp3) is 0.700. The lowest BCUT2D eigenvalue weighted by molar-refractivity contribution is 0.451. The zero-order chi connectivity index (χ0) is 9.84. The zero-order valence-corrected chi connectivity index (χ0v) is 8.62. The molecular formula is C10H18N2O. The predicted octanol–water partition coefficient (Wildman–Crippen LogP) is 2.51. The lowest BCUT2D eigenvalue weighted by Crippen LogP contribution is -2.07. The van der Waals surface area contributed by atoms with E-state index in [2.05, 4.69) is 25.9 Å². The Hall–Kier alpha value is -0.990. The summed E-state index contributed by atoms with van der Waals surface area (Å²) >= 11 is 0. The van der Waals surface area contributed by atoms with Gasteiger partial charge >= 0.3 is 0 Å². The van der Waals surface area contributed by atoms with Gasteiger partial charge in [0.2, 0.25) is 0 Å². The number of nitrogens with zero attached hydrogens (tertiary/aromatic N) is 2. The molecule has 0 saturated carbocycles. The van der Waals surface area contributed by atoms with Crippen molar-refractivity contribution in [1.29, 1.82) is 0 Å². The van der Waals surface area contributed by atoms with Gasteiger partial charge in [-0.05, 0) is 26.7 Å². The predicted molar refractivity (Wildman–Crippen MR) is 52.9 cm³/mol. The van der Waals surface area contributed by atoms with Gasteiger partial charge in [-0.15, -0.1) is 0 Å². The number of hydrogen-bond donors (Lipinski definition) is 1. The van der Waals surface area contributed by atoms with E-state index in [1.54, 1.807) is 0 Å². The third-order valence-electron chi connectivity index (χ3n) is 2.13. The molecule has 0 bridgehead atoms. The highest BCUT2D eigenvalue weighted by molar-refractivity contribution is 5.23. The van der Waals surface area contributed by atoms with Crippen LogP contribution in [-0.4, -0.2) is 14.9 Å². The van der Waals surface area contributed by atoms with Crippen LogP contribution in [0.1, 0.15) is 45.3 Å². The summed E-state index contributed by atoms with van der Waals surface area (Å²) in [6.07, 6.45) is 4.69. The van der Waals surface area contributed by atoms with Crippen LogP contribution in [0.3, 0.4) is 0 Å². The Morgan fingerprint density at radius 1 is 1.54 bits per heavy atom. The molecule has 0 fully saturated rings. The van der Waals surface area contributed by atoms with Crippen molar-refractivity contribution in [3.8, 4) is 5.75 Å². The number of aromatic hydroxyl groups is 1. The third kappa shape index (κ3) is 2.23. The molecule has 0 saturated heterocycles. The van der Waals surface area contributed by atoms with Gasteiger partial charge in [-0.1, -0.05) is 13.3 Å². The van der Waals surface area contributed by atoms with Crippen molar-refractivity contribution in [2.75, 3.05) is 0 Å². The van der Waals surface area contributed by atoms with E-state index >= 15 is 0 Å². The largest absolute Gasteiger partial charge is 0.504 e. The SMILES string of the molecule is CCCCc1c(O)cnn1C(C)C. The number of aromatic nitrogens is 2. The Balaban J connectivity index is 2.82. The molecule has 0 unspecified atom stereocenters. The lowest BCUT2D eigenvalue weighted by Gasteiger charge is -2.10. The molecule has 13 heavy (non-hydrogen) atoms. The summed E-state index contributed by atoms with van der Waals surface area (Å²) in [6.45, 7) is 6.29. The van der Waals surface area contributed by atoms with E-state index in [9.17, 15) is 5.11 Å². The van der Waals surface area contributed by atoms with Crippen LogP contribution < -0.4 is 0 Å². The van der Waals surface area contributed by atoms with Crippen molar-refractivity contribution in [3.63, 3.8) is 0 Å². The van der Waals surface area contributed by atoms with E-state index < -0.39 is 0 Å². The number of rotatable bonds is 4. The summed E-state index contributed by atoms with van der Waals surface area (Å²) in [7, 11) is 0. The van der Waals surface area contributed by atoms with Gasteiger partial charge in [0.05, 0.1) is 11.9 Å². The Labute approximate surface area is 79.4 Å². The summed E-state index contributed by atoms with van der Waals surface area (Å²) in [5, 5.41) is 13.7. The summed E-state index contributed by atoms with van der Waals surface area (Å²) in [6, 6.07) is 0.327. The summed E-state index contributed by atoms with van der Waals surface area (Å²) in [4.78, 5) is 0. The van der Waals surface area contributed by atoms with Gasteiger partial charge in [0, 0.05) is 6.04 Å². The van der Waals surface area contributed by atoms with Crippen LogP contribution in [0, 0.1) is 0 Å². The molecule has 74 valence electrons. The molecule has 0 aromatic carbocycles. The van der Waals surface area contributed by atoms with Crippen LogP contribution >= 0.6 is 0 Å². The molecule has 0 aliphatic rings. The van der Waals surface area contributed by atoms with E-state index in [4.69, 9.17) is 0 Å². The standard InChI is InChI=1S/C10H18N2O/c1-4-5-6-9-10(13)7-11-12(9)8(2)3/h7-8,13H,4-6H2,1-3H3. The number of unbranched alkanes of at least 4 members (excludes halogenated alkanes) is 1. The average molecular weight is 182 g/mol. The van der Waals surface area contributed by atoms with Gasteiger partial charge in [-0.2, -0.15) is 5.10 Å². The van der Waals surface area contributed by atoms with Gasteiger partial charge < -0.3 is 5.11 Å². The molecular weight excluding hydrogens is 164 g/mol. The second-order valence-electron chi connectivity index (χ2n) is 3.62. The van der Waals surface area contributed by atoms with Crippen molar-refractivity contribution in [3.05, 3.63) is 11.9 Å². The quantitative estimate of drug-likeness (QED) is 0.777. The molecule has 0 amide bonds. The first-order valence-electron chi connectivity index (χ1n) is 4.92. The lowest BCUT2D eigenvalue weighted by atomic mass is 10.2. The second-order valence-corrected chi connectivity index (χ2v) is 3.62. The fourth-order valence-corrected chi connectivity index (χ4v) is 1.41. The summed E-state index contributed by atoms with van der Waals surface area (Å²) < 4.78 is 1.89. The topological polar surface area (TPSA) is 38.1 Å². The van der Waals surface area contributed by atoms with Crippen molar-refractivity contribution in [2.24, 2.45) is 0 Å². The molecule has 0 radical (unpaired) electrons. The van der Waals surface area contributed by atoms with Gasteiger partial charge in [0.25, 0.3) is 0 Å². The van der Waals surface area contributed by atoms with E-state index in [1.807, 2.05) is 4.68 Å². The van der Waals surface area contributed by atoms with Crippen LogP contribution in [0.5, 0.6) is 5.75 Å². The van der Waals surface area contributed by atoms with Crippen LogP contribution in [0.15, 0.2) is 6.20 Å². The number of hydrogen-bond acceptors (Lipinski definition) is 2. The van der Waals surface area contributed by atoms with E-state index in [-0.39, 0.29) is 0 Å². The average Bonchev–Trinajstić information content (AvgIpc) is 2.43. The molecule has 0 aliphatic heterocycles. The van der Waals surface area contributed by atoms with Gasteiger partial charge in [-0.3, -0.25) is 4.68 Å². The van der Waals surface area contributed by atoms with Gasteiger partial charge in [-0.25, -0.2) is 0 Å². The molecule has 3 nitrogen and oxygen atoms in total. The van der Waals surface area contributed by atoms with Crippen LogP contribution in [-0.2, 0) is 6.42 Å². The minimum Gasteiger partial charge on any atom is -0.504 e. The van der Waals surface area contributed by atoms with Crippen molar-refractivity contribution in [1.82, 2.24) is 9.78 Å². The van der Waals surface area contributed by atoms with E-state index in [0.29, 0.717) is 11.8 Å². The van der Waals surface area contributed by atoms with Crippen LogP contribution in [0.25, 0.3) is 0 Å². The Bertz CT molecular complexity index is 266. The maximum absolute atomic E-state index is 9.52. The molecule has 0 aliphatic carbocycles. The molecule has 1 aromatic heterocycles. The third-order valence-corrected chi connectivity index (χ3v) is 2.13. The van der Waals surface area contributed by atoms with Crippen LogP contribution in [0.4, 0.5) is 0 Å². The summed E-state index contributed by atoms with van der Waals surface area (Å²) in [5.74, 6) is 0.335. The Morgan fingerprint density at radius 3 is 2.77 bits per heavy atom. The molecule has 1 N–H and O–H groups in total. The summed E-state index contributed by atoms with van der Waals surface area (Å²) in [5.41, 5.74) is 0.969. The first-order chi connectivity index (χ1) is 6.16. The van der Waals surface area contributed by atoms with Gasteiger partial charge in [0.15, 0.2) is 5.75 Å². The molecule has 1 rings (SSSR count). The highest BCUT2D eigenvalue weighted by Gasteiger charge is 2.10. The first-order valence-corrected chi connectivity index (χ1v) is 4.92. The minimum atomic E-state index is 0.327.